The second-order valence-corrected chi connectivity index (χ2v) is 4.59. The Hall–Kier alpha value is -1.64. The summed E-state index contributed by atoms with van der Waals surface area (Å²) in [5, 5.41) is 0. The number of carbonyl (C=O) groups is 2. The van der Waals surface area contributed by atoms with Crippen molar-refractivity contribution < 1.29 is 14.3 Å². The fraction of sp³-hybridized carbons (Fsp3) is 0.429. The summed E-state index contributed by atoms with van der Waals surface area (Å²) in [5.74, 6) is -0.173. The van der Waals surface area contributed by atoms with E-state index in [-0.39, 0.29) is 23.6 Å². The molecule has 0 spiro atoms. The molecule has 0 bridgehead atoms. The van der Waals surface area contributed by atoms with Crippen molar-refractivity contribution in [3.63, 3.8) is 0 Å². The molecule has 1 aliphatic heterocycles. The van der Waals surface area contributed by atoms with E-state index < -0.39 is 0 Å². The van der Waals surface area contributed by atoms with Gasteiger partial charge in [-0.15, -0.1) is 0 Å². The predicted octanol–water partition coefficient (Wildman–Crippen LogP) is 2.00. The average Bonchev–Trinajstić information content (AvgIpc) is 2.62. The summed E-state index contributed by atoms with van der Waals surface area (Å²) in [7, 11) is 0. The Morgan fingerprint density at radius 3 is 2.71 bits per heavy atom. The summed E-state index contributed by atoms with van der Waals surface area (Å²) in [6.45, 7) is 1.94. The van der Waals surface area contributed by atoms with Gasteiger partial charge in [-0.1, -0.05) is 30.3 Å². The molecule has 1 heterocycles. The van der Waals surface area contributed by atoms with Gasteiger partial charge in [-0.25, -0.2) is 0 Å². The number of benzene rings is 1. The standard InChI is InChI=1S/C14H16O3/c1-10(15)7-12-9-17-14(16)13(12)8-11-5-3-2-4-6-11/h2-6,12-13H,7-9H2,1H3/t12-,13+/m1/s1. The number of esters is 1. The van der Waals surface area contributed by atoms with Gasteiger partial charge >= 0.3 is 5.97 Å². The van der Waals surface area contributed by atoms with Gasteiger partial charge in [0.2, 0.25) is 0 Å². The minimum Gasteiger partial charge on any atom is -0.465 e. The SMILES string of the molecule is CC(=O)C[C@@H]1COC(=O)[C@H]1Cc1ccccc1. The lowest BCUT2D eigenvalue weighted by Crippen LogP contribution is -2.20. The van der Waals surface area contributed by atoms with Crippen molar-refractivity contribution in [1.29, 1.82) is 0 Å². The predicted molar refractivity (Wildman–Crippen MR) is 63.4 cm³/mol. The highest BCUT2D eigenvalue weighted by molar-refractivity contribution is 5.79. The molecule has 0 aliphatic carbocycles. The summed E-state index contributed by atoms with van der Waals surface area (Å²) < 4.78 is 5.06. The largest absolute Gasteiger partial charge is 0.465 e. The van der Waals surface area contributed by atoms with Crippen molar-refractivity contribution >= 4 is 11.8 Å². The van der Waals surface area contributed by atoms with Crippen molar-refractivity contribution in [2.75, 3.05) is 6.61 Å². The first kappa shape index (κ1) is 11.8. The molecule has 0 aromatic heterocycles. The molecule has 0 radical (unpaired) electrons. The molecule has 2 rings (SSSR count). The van der Waals surface area contributed by atoms with E-state index in [1.54, 1.807) is 6.92 Å². The van der Waals surface area contributed by atoms with Gasteiger partial charge in [0.05, 0.1) is 12.5 Å². The molecular formula is C14H16O3. The minimum absolute atomic E-state index is 0.0419. The molecule has 3 nitrogen and oxygen atoms in total. The van der Waals surface area contributed by atoms with Crippen LogP contribution in [0, 0.1) is 11.8 Å². The maximum Gasteiger partial charge on any atom is 0.309 e. The lowest BCUT2D eigenvalue weighted by Gasteiger charge is -2.13. The normalized spacial score (nSPS) is 23.5. The van der Waals surface area contributed by atoms with E-state index in [1.165, 1.54) is 0 Å². The molecule has 0 N–H and O–H groups in total. The highest BCUT2D eigenvalue weighted by Crippen LogP contribution is 2.28. The van der Waals surface area contributed by atoms with Crippen LogP contribution in [0.5, 0.6) is 0 Å². The van der Waals surface area contributed by atoms with Crippen molar-refractivity contribution in [3.05, 3.63) is 35.9 Å². The molecular weight excluding hydrogens is 216 g/mol. The zero-order chi connectivity index (χ0) is 12.3. The van der Waals surface area contributed by atoms with Crippen LogP contribution in [0.15, 0.2) is 30.3 Å². The van der Waals surface area contributed by atoms with Crippen LogP contribution in [0.3, 0.4) is 0 Å². The first-order valence-corrected chi connectivity index (χ1v) is 5.87. The Morgan fingerprint density at radius 1 is 1.35 bits per heavy atom. The maximum absolute atomic E-state index is 11.6. The fourth-order valence-electron chi connectivity index (χ4n) is 2.29. The number of carbonyl (C=O) groups excluding carboxylic acids is 2. The monoisotopic (exact) mass is 232 g/mol. The quantitative estimate of drug-likeness (QED) is 0.746. The van der Waals surface area contributed by atoms with Crippen molar-refractivity contribution in [3.8, 4) is 0 Å². The molecule has 0 amide bonds. The average molecular weight is 232 g/mol. The van der Waals surface area contributed by atoms with E-state index in [0.29, 0.717) is 19.4 Å². The van der Waals surface area contributed by atoms with Gasteiger partial charge in [0, 0.05) is 12.3 Å². The number of hydrogen-bond acceptors (Lipinski definition) is 3. The molecule has 0 unspecified atom stereocenters. The smallest absolute Gasteiger partial charge is 0.309 e. The molecule has 1 fully saturated rings. The Morgan fingerprint density at radius 2 is 2.06 bits per heavy atom. The molecule has 1 aromatic rings. The summed E-state index contributed by atoms with van der Waals surface area (Å²) in [6.07, 6.45) is 1.10. The third-order valence-electron chi connectivity index (χ3n) is 3.16. The Balaban J connectivity index is 2.06. The molecule has 1 aliphatic rings. The van der Waals surface area contributed by atoms with Gasteiger partial charge in [0.25, 0.3) is 0 Å². The minimum atomic E-state index is -0.167. The van der Waals surface area contributed by atoms with Crippen LogP contribution in [0.4, 0.5) is 0 Å². The summed E-state index contributed by atoms with van der Waals surface area (Å²) in [4.78, 5) is 22.8. The first-order valence-electron chi connectivity index (χ1n) is 5.87. The lowest BCUT2D eigenvalue weighted by molar-refractivity contribution is -0.141. The second-order valence-electron chi connectivity index (χ2n) is 4.59. The summed E-state index contributed by atoms with van der Waals surface area (Å²) >= 11 is 0. The van der Waals surface area contributed by atoms with Gasteiger partial charge in [0.15, 0.2) is 0 Å². The molecule has 17 heavy (non-hydrogen) atoms. The number of hydrogen-bond donors (Lipinski definition) is 0. The van der Waals surface area contributed by atoms with E-state index >= 15 is 0 Å². The third kappa shape index (κ3) is 2.93. The Labute approximate surface area is 101 Å². The van der Waals surface area contributed by atoms with E-state index in [2.05, 4.69) is 0 Å². The van der Waals surface area contributed by atoms with Gasteiger partial charge in [-0.05, 0) is 18.9 Å². The van der Waals surface area contributed by atoms with E-state index in [1.807, 2.05) is 30.3 Å². The van der Waals surface area contributed by atoms with Crippen LogP contribution in [0.25, 0.3) is 0 Å². The summed E-state index contributed by atoms with van der Waals surface area (Å²) in [5.41, 5.74) is 1.12. The van der Waals surface area contributed by atoms with Gasteiger partial charge in [-0.3, -0.25) is 4.79 Å². The van der Waals surface area contributed by atoms with E-state index in [0.717, 1.165) is 5.56 Å². The third-order valence-corrected chi connectivity index (χ3v) is 3.16. The van der Waals surface area contributed by atoms with Crippen LogP contribution in [-0.4, -0.2) is 18.4 Å². The molecule has 90 valence electrons. The zero-order valence-electron chi connectivity index (χ0n) is 9.89. The van der Waals surface area contributed by atoms with Crippen LogP contribution in [0.1, 0.15) is 18.9 Å². The Kier molecular flexibility index (Phi) is 3.57. The second kappa shape index (κ2) is 5.13. The van der Waals surface area contributed by atoms with Crippen LogP contribution >= 0.6 is 0 Å². The van der Waals surface area contributed by atoms with Crippen LogP contribution < -0.4 is 0 Å². The van der Waals surface area contributed by atoms with Crippen LogP contribution in [0.2, 0.25) is 0 Å². The van der Waals surface area contributed by atoms with E-state index in [9.17, 15) is 9.59 Å². The number of ether oxygens (including phenoxy) is 1. The molecule has 2 atom stereocenters. The van der Waals surface area contributed by atoms with Gasteiger partial charge in [-0.2, -0.15) is 0 Å². The highest BCUT2D eigenvalue weighted by Gasteiger charge is 2.37. The topological polar surface area (TPSA) is 43.4 Å². The van der Waals surface area contributed by atoms with Crippen molar-refractivity contribution in [2.45, 2.75) is 19.8 Å². The zero-order valence-corrected chi connectivity index (χ0v) is 9.89. The number of cyclic esters (lactones) is 1. The lowest BCUT2D eigenvalue weighted by atomic mass is 9.86. The Bertz CT molecular complexity index is 411. The number of Topliss-reactive ketones (excluding diaryl/α,β-unsaturated/α-hetero) is 1. The van der Waals surface area contributed by atoms with Crippen LogP contribution in [-0.2, 0) is 20.7 Å². The van der Waals surface area contributed by atoms with E-state index in [4.69, 9.17) is 4.74 Å². The number of rotatable bonds is 4. The summed E-state index contributed by atoms with van der Waals surface area (Å²) in [6, 6.07) is 9.85. The van der Waals surface area contributed by atoms with Gasteiger partial charge < -0.3 is 9.53 Å². The van der Waals surface area contributed by atoms with Crippen molar-refractivity contribution in [2.24, 2.45) is 11.8 Å². The molecule has 3 heteroatoms. The first-order chi connectivity index (χ1) is 8.16. The molecule has 1 saturated heterocycles. The fourth-order valence-corrected chi connectivity index (χ4v) is 2.29. The molecule has 0 saturated carbocycles. The van der Waals surface area contributed by atoms with Crippen molar-refractivity contribution in [1.82, 2.24) is 0 Å². The molecule has 1 aromatic carbocycles. The maximum atomic E-state index is 11.6. The number of ketones is 1. The van der Waals surface area contributed by atoms with Gasteiger partial charge in [0.1, 0.15) is 5.78 Å². The highest BCUT2D eigenvalue weighted by atomic mass is 16.5.